The number of fused-ring (bicyclic) bond motifs is 8. The van der Waals surface area contributed by atoms with Gasteiger partial charge in [-0.3, -0.25) is 0 Å². The molecule has 0 saturated heterocycles. The minimum atomic E-state index is 0.717. The lowest BCUT2D eigenvalue weighted by atomic mass is 9.99. The van der Waals surface area contributed by atoms with Crippen LogP contribution < -0.4 is 0 Å². The molecule has 11 rings (SSSR count). The van der Waals surface area contributed by atoms with Gasteiger partial charge in [0, 0.05) is 48.6 Å². The molecule has 0 radical (unpaired) electrons. The Balaban J connectivity index is 1.18. The second-order valence-electron chi connectivity index (χ2n) is 13.7. The lowest BCUT2D eigenvalue weighted by molar-refractivity contribution is 1.19. The van der Waals surface area contributed by atoms with Gasteiger partial charge >= 0.3 is 0 Å². The van der Waals surface area contributed by atoms with Crippen LogP contribution in [0.3, 0.4) is 0 Å². The normalized spacial score (nSPS) is 11.7. The van der Waals surface area contributed by atoms with Crippen LogP contribution in [0.1, 0.15) is 0 Å². The van der Waals surface area contributed by atoms with Crippen LogP contribution in [0.15, 0.2) is 188 Å². The van der Waals surface area contributed by atoms with Crippen molar-refractivity contribution in [2.24, 2.45) is 0 Å². The molecule has 252 valence electrons. The van der Waals surface area contributed by atoms with E-state index in [-0.39, 0.29) is 0 Å². The maximum Gasteiger partial charge on any atom is 0.161 e. The van der Waals surface area contributed by atoms with Crippen LogP contribution in [0.25, 0.3) is 103 Å². The van der Waals surface area contributed by atoms with E-state index in [0.717, 1.165) is 44.7 Å². The van der Waals surface area contributed by atoms with Crippen molar-refractivity contribution in [3.63, 3.8) is 0 Å². The first kappa shape index (κ1) is 30.7. The van der Waals surface area contributed by atoms with E-state index in [1.807, 2.05) is 11.3 Å². The molecule has 3 nitrogen and oxygen atoms in total. The van der Waals surface area contributed by atoms with E-state index in [1.165, 1.54) is 52.9 Å². The molecule has 0 aliphatic carbocycles. The summed E-state index contributed by atoms with van der Waals surface area (Å²) in [6, 6.07) is 67.1. The van der Waals surface area contributed by atoms with E-state index >= 15 is 0 Å². The molecule has 0 bridgehead atoms. The Morgan fingerprint density at radius 3 is 1.89 bits per heavy atom. The molecule has 8 aromatic carbocycles. The van der Waals surface area contributed by atoms with Gasteiger partial charge in [-0.25, -0.2) is 9.97 Å². The molecule has 4 heteroatoms. The first-order valence-corrected chi connectivity index (χ1v) is 19.1. The number of rotatable bonds is 5. The third-order valence-corrected chi connectivity index (χ3v) is 11.9. The molecule has 0 spiro atoms. The first-order valence-electron chi connectivity index (χ1n) is 18.2. The minimum absolute atomic E-state index is 0.717. The molecule has 0 aliphatic heterocycles. The zero-order chi connectivity index (χ0) is 35.6. The molecular formula is C50H31N3S. The third kappa shape index (κ3) is 4.88. The molecule has 0 fully saturated rings. The number of hydrogen-bond acceptors (Lipinski definition) is 3. The predicted octanol–water partition coefficient (Wildman–Crippen LogP) is 13.8. The molecule has 54 heavy (non-hydrogen) atoms. The van der Waals surface area contributed by atoms with Crippen LogP contribution in [0, 0.1) is 0 Å². The van der Waals surface area contributed by atoms with Crippen molar-refractivity contribution in [2.75, 3.05) is 0 Å². The first-order chi connectivity index (χ1) is 26.8. The van der Waals surface area contributed by atoms with Crippen molar-refractivity contribution in [3.05, 3.63) is 188 Å². The van der Waals surface area contributed by atoms with Gasteiger partial charge in [0.25, 0.3) is 0 Å². The second kappa shape index (κ2) is 12.4. The van der Waals surface area contributed by atoms with E-state index in [9.17, 15) is 0 Å². The highest BCUT2D eigenvalue weighted by molar-refractivity contribution is 7.27. The van der Waals surface area contributed by atoms with Crippen LogP contribution in [-0.4, -0.2) is 14.5 Å². The Bertz CT molecular complexity index is 3210. The van der Waals surface area contributed by atoms with Crippen LogP contribution in [0.2, 0.25) is 0 Å². The van der Waals surface area contributed by atoms with E-state index in [4.69, 9.17) is 9.97 Å². The van der Waals surface area contributed by atoms with E-state index in [1.54, 1.807) is 0 Å². The Morgan fingerprint density at radius 2 is 1.00 bits per heavy atom. The summed E-state index contributed by atoms with van der Waals surface area (Å²) in [5.74, 6) is 0.717. The summed E-state index contributed by atoms with van der Waals surface area (Å²) in [5.41, 5.74) is 10.9. The molecule has 0 unspecified atom stereocenters. The molecule has 0 atom stereocenters. The fourth-order valence-electron chi connectivity index (χ4n) is 8.11. The molecule has 3 aromatic heterocycles. The Kier molecular flexibility index (Phi) is 7.04. The molecule has 3 heterocycles. The molecule has 0 amide bonds. The predicted molar refractivity (Wildman–Crippen MR) is 229 cm³/mol. The smallest absolute Gasteiger partial charge is 0.161 e. The van der Waals surface area contributed by atoms with Crippen LogP contribution in [-0.2, 0) is 0 Å². The van der Waals surface area contributed by atoms with Crippen molar-refractivity contribution in [3.8, 4) is 50.7 Å². The average molecular weight is 706 g/mol. The minimum Gasteiger partial charge on any atom is -0.308 e. The van der Waals surface area contributed by atoms with Gasteiger partial charge in [-0.1, -0.05) is 158 Å². The van der Waals surface area contributed by atoms with Gasteiger partial charge in [0.15, 0.2) is 5.82 Å². The molecule has 0 N–H and O–H groups in total. The monoisotopic (exact) mass is 705 g/mol. The van der Waals surface area contributed by atoms with E-state index in [2.05, 4.69) is 193 Å². The van der Waals surface area contributed by atoms with Gasteiger partial charge in [-0.15, -0.1) is 11.3 Å². The van der Waals surface area contributed by atoms with Crippen LogP contribution in [0.5, 0.6) is 0 Å². The van der Waals surface area contributed by atoms with Crippen molar-refractivity contribution in [1.29, 1.82) is 0 Å². The van der Waals surface area contributed by atoms with Crippen molar-refractivity contribution in [2.45, 2.75) is 0 Å². The van der Waals surface area contributed by atoms with E-state index < -0.39 is 0 Å². The summed E-state index contributed by atoms with van der Waals surface area (Å²) in [6.07, 6.45) is 0. The summed E-state index contributed by atoms with van der Waals surface area (Å²) in [6.45, 7) is 0. The molecule has 0 aliphatic rings. The Labute approximate surface area is 316 Å². The lowest BCUT2D eigenvalue weighted by Gasteiger charge is -2.12. The van der Waals surface area contributed by atoms with Gasteiger partial charge in [0.05, 0.1) is 27.1 Å². The number of aromatic nitrogens is 3. The number of benzene rings is 8. The zero-order valence-corrected chi connectivity index (χ0v) is 30.0. The Hall–Kier alpha value is -6.88. The summed E-state index contributed by atoms with van der Waals surface area (Å²) < 4.78 is 4.92. The summed E-state index contributed by atoms with van der Waals surface area (Å²) in [7, 11) is 0. The molecule has 11 aromatic rings. The van der Waals surface area contributed by atoms with Crippen LogP contribution >= 0.6 is 11.3 Å². The number of para-hydroxylation sites is 2. The standard InChI is InChI=1S/C50H31N3S/c1-3-14-32(15-4-1)34-18-11-19-35(30-34)44-31-45(52-50(51-44)42-25-12-17-33-16-7-8-22-37(33)42)43-26-13-24-40-41-29-28-39-38-23-9-10-27-46(38)53(36-20-5-2-6-21-36)47(39)49(41)54-48(40)43/h1-31H. The number of thiophene rings is 1. The summed E-state index contributed by atoms with van der Waals surface area (Å²) >= 11 is 1.86. The highest BCUT2D eigenvalue weighted by Crippen LogP contribution is 2.46. The van der Waals surface area contributed by atoms with Gasteiger partial charge < -0.3 is 4.57 Å². The maximum atomic E-state index is 5.40. The lowest BCUT2D eigenvalue weighted by Crippen LogP contribution is -1.97. The number of nitrogens with zero attached hydrogens (tertiary/aromatic N) is 3. The van der Waals surface area contributed by atoms with Gasteiger partial charge in [0.1, 0.15) is 0 Å². The number of hydrogen-bond donors (Lipinski definition) is 0. The third-order valence-electron chi connectivity index (χ3n) is 10.6. The second-order valence-corrected chi connectivity index (χ2v) is 14.8. The fourth-order valence-corrected chi connectivity index (χ4v) is 9.47. The zero-order valence-electron chi connectivity index (χ0n) is 29.1. The Morgan fingerprint density at radius 1 is 0.389 bits per heavy atom. The summed E-state index contributed by atoms with van der Waals surface area (Å²) in [4.78, 5) is 10.7. The van der Waals surface area contributed by atoms with Crippen LogP contribution in [0.4, 0.5) is 0 Å². The molecular weight excluding hydrogens is 675 g/mol. The van der Waals surface area contributed by atoms with Gasteiger partial charge in [0.2, 0.25) is 0 Å². The fraction of sp³-hybridized carbons (Fsp3) is 0. The van der Waals surface area contributed by atoms with E-state index in [0.29, 0.717) is 5.82 Å². The average Bonchev–Trinajstić information content (AvgIpc) is 3.80. The van der Waals surface area contributed by atoms with Gasteiger partial charge in [-0.2, -0.15) is 0 Å². The van der Waals surface area contributed by atoms with Crippen molar-refractivity contribution < 1.29 is 0 Å². The highest BCUT2D eigenvalue weighted by Gasteiger charge is 2.20. The van der Waals surface area contributed by atoms with Crippen molar-refractivity contribution >= 4 is 64.1 Å². The SMILES string of the molecule is c1ccc(-c2cccc(-c3cc(-c4cccc5c4sc4c5ccc5c6ccccc6n(-c6ccccc6)c54)nc(-c4cccc5ccccc45)n3)c2)cc1. The highest BCUT2D eigenvalue weighted by atomic mass is 32.1. The topological polar surface area (TPSA) is 30.7 Å². The van der Waals surface area contributed by atoms with Gasteiger partial charge in [-0.05, 0) is 52.2 Å². The van der Waals surface area contributed by atoms with Crippen molar-refractivity contribution in [1.82, 2.24) is 14.5 Å². The maximum absolute atomic E-state index is 5.40. The quantitative estimate of drug-likeness (QED) is 0.178. The molecule has 0 saturated carbocycles. The summed E-state index contributed by atoms with van der Waals surface area (Å²) in [5, 5.41) is 7.31. The largest absolute Gasteiger partial charge is 0.308 e.